The molecule has 0 aromatic heterocycles. The fourth-order valence-electron chi connectivity index (χ4n) is 4.14. The second-order valence-electron chi connectivity index (χ2n) is 7.73. The van der Waals surface area contributed by atoms with E-state index in [0.717, 1.165) is 11.1 Å². The Labute approximate surface area is 201 Å². The number of nitrogens with zero attached hydrogens (tertiary/aromatic N) is 1. The highest BCUT2D eigenvalue weighted by Gasteiger charge is 2.48. The Balaban J connectivity index is 0.00000181. The van der Waals surface area contributed by atoms with Gasteiger partial charge in [-0.05, 0) is 29.7 Å². The van der Waals surface area contributed by atoms with E-state index in [0.29, 0.717) is 13.0 Å². The summed E-state index contributed by atoms with van der Waals surface area (Å²) in [5, 5.41) is 12.4. The molecular weight excluding hydrogens is 448 g/mol. The van der Waals surface area contributed by atoms with Gasteiger partial charge in [0.25, 0.3) is 0 Å². The molecule has 172 valence electrons. The number of Topliss-reactive ketones (excluding diaryl/α,β-unsaturated/α-hetero) is 1. The van der Waals surface area contributed by atoms with E-state index in [1.807, 2.05) is 30.3 Å². The molecule has 0 aliphatic carbocycles. The molecule has 2 aliphatic rings. The van der Waals surface area contributed by atoms with Crippen molar-refractivity contribution in [3.05, 3.63) is 65.7 Å². The summed E-state index contributed by atoms with van der Waals surface area (Å²) >= 11 is 0. The molecular formula is C23H28N2O5S2. The van der Waals surface area contributed by atoms with Crippen molar-refractivity contribution < 1.29 is 24.2 Å². The van der Waals surface area contributed by atoms with Gasteiger partial charge in [-0.2, -0.15) is 27.0 Å². The van der Waals surface area contributed by atoms with E-state index in [9.17, 15) is 19.5 Å². The molecule has 3 atom stereocenters. The summed E-state index contributed by atoms with van der Waals surface area (Å²) < 4.78 is 5.48. The molecule has 0 radical (unpaired) electrons. The minimum atomic E-state index is -0.807. The SMILES string of the molecule is O=C(Cc1ccccc1)N[C@@H](Cc1ccc(O)cc1)C(=O)N1CC[C@H]2OCC(=O)[C@H]21.S.S. The number of aromatic hydroxyl groups is 1. The van der Waals surface area contributed by atoms with E-state index in [4.69, 9.17) is 4.74 Å². The standard InChI is InChI=1S/C23H24N2O5.2H2S/c26-17-8-6-16(7-9-17)12-18(24-21(28)13-15-4-2-1-3-5-15)23(29)25-11-10-20-22(25)19(27)14-30-20;;/h1-9,18,20,22,26H,10-14H2,(H,24,28);2*1H2/t18-,20+,22+;;/m0../s1. The molecule has 2 aromatic rings. The summed E-state index contributed by atoms with van der Waals surface area (Å²) in [6.45, 7) is 0.461. The van der Waals surface area contributed by atoms with Gasteiger partial charge in [0.2, 0.25) is 11.8 Å². The quantitative estimate of drug-likeness (QED) is 0.658. The molecule has 0 spiro atoms. The number of rotatable bonds is 6. The molecule has 2 amide bonds. The summed E-state index contributed by atoms with van der Waals surface area (Å²) in [7, 11) is 0. The number of carbonyl (C=O) groups is 3. The van der Waals surface area contributed by atoms with Gasteiger partial charge in [0.05, 0.1) is 12.5 Å². The van der Waals surface area contributed by atoms with Gasteiger partial charge in [-0.3, -0.25) is 14.4 Å². The molecule has 0 bridgehead atoms. The molecule has 9 heteroatoms. The maximum Gasteiger partial charge on any atom is 0.246 e. The molecule has 2 aliphatic heterocycles. The summed E-state index contributed by atoms with van der Waals surface area (Å²) in [6, 6.07) is 14.5. The van der Waals surface area contributed by atoms with E-state index in [2.05, 4.69) is 5.32 Å². The highest BCUT2D eigenvalue weighted by atomic mass is 32.1. The molecule has 0 unspecified atom stereocenters. The zero-order chi connectivity index (χ0) is 21.1. The van der Waals surface area contributed by atoms with E-state index >= 15 is 0 Å². The predicted molar refractivity (Wildman–Crippen MR) is 130 cm³/mol. The fraction of sp³-hybridized carbons (Fsp3) is 0.348. The highest BCUT2D eigenvalue weighted by Crippen LogP contribution is 2.28. The van der Waals surface area contributed by atoms with Crippen LogP contribution >= 0.6 is 27.0 Å². The third kappa shape index (κ3) is 5.85. The lowest BCUT2D eigenvalue weighted by atomic mass is 10.0. The van der Waals surface area contributed by atoms with Crippen LogP contribution in [0.1, 0.15) is 17.5 Å². The van der Waals surface area contributed by atoms with Crippen LogP contribution in [0.4, 0.5) is 0 Å². The fourth-order valence-corrected chi connectivity index (χ4v) is 4.14. The topological polar surface area (TPSA) is 95.9 Å². The first-order chi connectivity index (χ1) is 14.5. The lowest BCUT2D eigenvalue weighted by Gasteiger charge is -2.27. The van der Waals surface area contributed by atoms with Gasteiger partial charge < -0.3 is 20.1 Å². The minimum Gasteiger partial charge on any atom is -0.508 e. The first-order valence-electron chi connectivity index (χ1n) is 10.1. The van der Waals surface area contributed by atoms with Crippen molar-refractivity contribution in [1.82, 2.24) is 10.2 Å². The van der Waals surface area contributed by atoms with Gasteiger partial charge in [0.1, 0.15) is 24.4 Å². The second-order valence-corrected chi connectivity index (χ2v) is 7.73. The van der Waals surface area contributed by atoms with Gasteiger partial charge in [0, 0.05) is 13.0 Å². The monoisotopic (exact) mass is 476 g/mol. The number of fused-ring (bicyclic) bond motifs is 1. The summed E-state index contributed by atoms with van der Waals surface area (Å²) in [4.78, 5) is 39.8. The molecule has 2 saturated heterocycles. The zero-order valence-corrected chi connectivity index (χ0v) is 19.5. The van der Waals surface area contributed by atoms with E-state index in [1.54, 1.807) is 29.2 Å². The summed E-state index contributed by atoms with van der Waals surface area (Å²) in [6.07, 6.45) is 0.791. The predicted octanol–water partition coefficient (Wildman–Crippen LogP) is 1.46. The number of benzene rings is 2. The normalized spacial score (nSPS) is 20.0. The van der Waals surface area contributed by atoms with Crippen molar-refractivity contribution >= 4 is 44.6 Å². The third-order valence-electron chi connectivity index (χ3n) is 5.61. The van der Waals surface area contributed by atoms with Gasteiger partial charge in [0.15, 0.2) is 5.78 Å². The number of carbonyl (C=O) groups excluding carboxylic acids is 3. The molecule has 0 saturated carbocycles. The lowest BCUT2D eigenvalue weighted by Crippen LogP contribution is -2.53. The first-order valence-corrected chi connectivity index (χ1v) is 10.1. The van der Waals surface area contributed by atoms with Crippen LogP contribution in [0.5, 0.6) is 5.75 Å². The second kappa shape index (κ2) is 11.4. The van der Waals surface area contributed by atoms with Gasteiger partial charge in [-0.25, -0.2) is 0 Å². The Bertz CT molecular complexity index is 939. The molecule has 2 heterocycles. The number of likely N-dealkylation sites (tertiary alicyclic amines) is 1. The van der Waals surface area contributed by atoms with Crippen LogP contribution in [0.2, 0.25) is 0 Å². The number of nitrogens with one attached hydrogen (secondary N) is 1. The van der Waals surface area contributed by atoms with Crippen LogP contribution in [-0.2, 0) is 32.0 Å². The summed E-state index contributed by atoms with van der Waals surface area (Å²) in [5.41, 5.74) is 1.65. The summed E-state index contributed by atoms with van der Waals surface area (Å²) in [5.74, 6) is -0.505. The van der Waals surface area contributed by atoms with Crippen LogP contribution in [0.3, 0.4) is 0 Å². The Morgan fingerprint density at radius 2 is 1.75 bits per heavy atom. The third-order valence-corrected chi connectivity index (χ3v) is 5.61. The molecule has 32 heavy (non-hydrogen) atoms. The molecule has 2 fully saturated rings. The van der Waals surface area contributed by atoms with Crippen molar-refractivity contribution in [2.45, 2.75) is 37.5 Å². The lowest BCUT2D eigenvalue weighted by molar-refractivity contribution is -0.139. The number of hydrogen-bond donors (Lipinski definition) is 2. The molecule has 2 aromatic carbocycles. The van der Waals surface area contributed by atoms with Crippen LogP contribution in [0, 0.1) is 0 Å². The van der Waals surface area contributed by atoms with Crippen molar-refractivity contribution in [1.29, 1.82) is 0 Å². The molecule has 7 nitrogen and oxygen atoms in total. The van der Waals surface area contributed by atoms with Crippen molar-refractivity contribution in [3.63, 3.8) is 0 Å². The largest absolute Gasteiger partial charge is 0.508 e. The Hall–Kier alpha value is -2.49. The Kier molecular flexibility index (Phi) is 9.18. The van der Waals surface area contributed by atoms with E-state index in [1.165, 1.54) is 0 Å². The van der Waals surface area contributed by atoms with Crippen LogP contribution in [0.25, 0.3) is 0 Å². The first kappa shape index (κ1) is 25.8. The van der Waals surface area contributed by atoms with Crippen molar-refractivity contribution in [2.75, 3.05) is 13.2 Å². The van der Waals surface area contributed by atoms with E-state index < -0.39 is 12.1 Å². The molecule has 4 rings (SSSR count). The minimum absolute atomic E-state index is 0. The highest BCUT2D eigenvalue weighted by molar-refractivity contribution is 7.59. The van der Waals surface area contributed by atoms with Crippen LogP contribution < -0.4 is 5.32 Å². The van der Waals surface area contributed by atoms with Crippen LogP contribution in [0.15, 0.2) is 54.6 Å². The van der Waals surface area contributed by atoms with Crippen LogP contribution in [-0.4, -0.2) is 58.9 Å². The van der Waals surface area contributed by atoms with Gasteiger partial charge in [-0.1, -0.05) is 42.5 Å². The molecule has 2 N–H and O–H groups in total. The Morgan fingerprint density at radius 3 is 2.44 bits per heavy atom. The Morgan fingerprint density at radius 1 is 1.06 bits per heavy atom. The maximum absolute atomic E-state index is 13.3. The average molecular weight is 477 g/mol. The van der Waals surface area contributed by atoms with E-state index in [-0.39, 0.29) is 75.9 Å². The maximum atomic E-state index is 13.3. The number of ketones is 1. The van der Waals surface area contributed by atoms with Gasteiger partial charge in [-0.15, -0.1) is 0 Å². The number of hydrogen-bond acceptors (Lipinski definition) is 5. The van der Waals surface area contributed by atoms with Crippen molar-refractivity contribution in [3.8, 4) is 5.75 Å². The van der Waals surface area contributed by atoms with Crippen molar-refractivity contribution in [2.24, 2.45) is 0 Å². The average Bonchev–Trinajstić information content (AvgIpc) is 3.32. The van der Waals surface area contributed by atoms with Gasteiger partial charge >= 0.3 is 0 Å². The number of phenolic OH excluding ortho intramolecular Hbond substituents is 1. The number of amides is 2. The smallest absolute Gasteiger partial charge is 0.246 e. The number of phenols is 1. The zero-order valence-electron chi connectivity index (χ0n) is 17.5. The number of ether oxygens (including phenoxy) is 1.